The molecule has 2 nitrogen and oxygen atoms in total. The van der Waals surface area contributed by atoms with Crippen molar-refractivity contribution < 1.29 is 4.74 Å². The van der Waals surface area contributed by atoms with Crippen molar-refractivity contribution in [3.63, 3.8) is 0 Å². The second-order valence-electron chi connectivity index (χ2n) is 4.31. The molecule has 0 rings (SSSR count). The summed E-state index contributed by atoms with van der Waals surface area (Å²) in [6, 6.07) is 0. The molecule has 0 N–H and O–H groups in total. The molecule has 0 aromatic carbocycles. The first-order chi connectivity index (χ1) is 4.95. The van der Waals surface area contributed by atoms with Gasteiger partial charge in [0.05, 0.1) is 6.73 Å². The Hall–Kier alpha value is -0.0800. The van der Waals surface area contributed by atoms with E-state index in [0.29, 0.717) is 5.41 Å². The predicted molar refractivity (Wildman–Crippen MR) is 48.6 cm³/mol. The van der Waals surface area contributed by atoms with Crippen molar-refractivity contribution in [1.82, 2.24) is 4.90 Å². The van der Waals surface area contributed by atoms with E-state index in [1.165, 1.54) is 6.42 Å². The van der Waals surface area contributed by atoms with Crippen molar-refractivity contribution in [2.75, 3.05) is 27.4 Å². The number of nitrogens with zero attached hydrogens (tertiary/aromatic N) is 1. The maximum absolute atomic E-state index is 4.99. The lowest BCUT2D eigenvalue weighted by atomic mass is 9.92. The first kappa shape index (κ1) is 10.9. The van der Waals surface area contributed by atoms with Crippen molar-refractivity contribution in [2.45, 2.75) is 27.2 Å². The second kappa shape index (κ2) is 4.73. The van der Waals surface area contributed by atoms with E-state index in [1.54, 1.807) is 7.11 Å². The van der Waals surface area contributed by atoms with Gasteiger partial charge in [-0.15, -0.1) is 0 Å². The summed E-state index contributed by atoms with van der Waals surface area (Å²) >= 11 is 0. The minimum Gasteiger partial charge on any atom is -0.369 e. The van der Waals surface area contributed by atoms with Crippen LogP contribution >= 0.6 is 0 Å². The van der Waals surface area contributed by atoms with E-state index in [2.05, 4.69) is 32.7 Å². The average Bonchev–Trinajstić information content (AvgIpc) is 1.83. The van der Waals surface area contributed by atoms with Crippen LogP contribution in [-0.4, -0.2) is 32.3 Å². The lowest BCUT2D eigenvalue weighted by molar-refractivity contribution is 0.0746. The van der Waals surface area contributed by atoms with Gasteiger partial charge in [-0.05, 0) is 18.9 Å². The van der Waals surface area contributed by atoms with Crippen molar-refractivity contribution in [1.29, 1.82) is 0 Å². The molecule has 0 bridgehead atoms. The van der Waals surface area contributed by atoms with Gasteiger partial charge >= 0.3 is 0 Å². The predicted octanol–water partition coefficient (Wildman–Crippen LogP) is 1.96. The molecule has 0 aromatic rings. The van der Waals surface area contributed by atoms with E-state index >= 15 is 0 Å². The van der Waals surface area contributed by atoms with Gasteiger partial charge < -0.3 is 4.74 Å². The maximum atomic E-state index is 4.99. The first-order valence-electron chi connectivity index (χ1n) is 4.13. The van der Waals surface area contributed by atoms with Crippen LogP contribution in [0.1, 0.15) is 27.2 Å². The molecule has 0 saturated heterocycles. The van der Waals surface area contributed by atoms with E-state index < -0.39 is 0 Å². The molecule has 0 aliphatic rings. The molecular formula is C9H21NO. The molecule has 0 amide bonds. The molecule has 0 heterocycles. The summed E-state index contributed by atoms with van der Waals surface area (Å²) in [5.74, 6) is 0. The Labute approximate surface area is 70.5 Å². The molecule has 0 aliphatic heterocycles. The van der Waals surface area contributed by atoms with Crippen LogP contribution in [-0.2, 0) is 4.74 Å². The van der Waals surface area contributed by atoms with Crippen LogP contribution in [0.3, 0.4) is 0 Å². The molecule has 0 atom stereocenters. The Morgan fingerprint density at radius 3 is 2.18 bits per heavy atom. The maximum Gasteiger partial charge on any atom is 0.0983 e. The smallest absolute Gasteiger partial charge is 0.0983 e. The molecular weight excluding hydrogens is 138 g/mol. The third-order valence-corrected chi connectivity index (χ3v) is 1.59. The third kappa shape index (κ3) is 7.82. The molecule has 0 aliphatic carbocycles. The number of ether oxygens (including phenoxy) is 1. The highest BCUT2D eigenvalue weighted by molar-refractivity contribution is 4.62. The first-order valence-corrected chi connectivity index (χ1v) is 4.13. The molecule has 2 heteroatoms. The highest BCUT2D eigenvalue weighted by atomic mass is 16.5. The topological polar surface area (TPSA) is 12.5 Å². The van der Waals surface area contributed by atoms with Crippen molar-refractivity contribution in [2.24, 2.45) is 5.41 Å². The summed E-state index contributed by atoms with van der Waals surface area (Å²) in [5.41, 5.74) is 0.433. The number of rotatable bonds is 4. The summed E-state index contributed by atoms with van der Waals surface area (Å²) in [4.78, 5) is 2.19. The zero-order valence-electron chi connectivity index (χ0n) is 8.48. The van der Waals surface area contributed by atoms with E-state index in [0.717, 1.165) is 13.3 Å². The quantitative estimate of drug-likeness (QED) is 0.581. The average molecular weight is 159 g/mol. The van der Waals surface area contributed by atoms with Crippen LogP contribution in [0.2, 0.25) is 0 Å². The van der Waals surface area contributed by atoms with Gasteiger partial charge in [0, 0.05) is 13.7 Å². The fourth-order valence-electron chi connectivity index (χ4n) is 0.811. The third-order valence-electron chi connectivity index (χ3n) is 1.59. The molecule has 11 heavy (non-hydrogen) atoms. The Bertz CT molecular complexity index is 96.2. The largest absolute Gasteiger partial charge is 0.369 e. The van der Waals surface area contributed by atoms with Crippen LogP contribution in [0.15, 0.2) is 0 Å². The Morgan fingerprint density at radius 1 is 1.27 bits per heavy atom. The molecule has 0 saturated carbocycles. The fourth-order valence-corrected chi connectivity index (χ4v) is 0.811. The van der Waals surface area contributed by atoms with Gasteiger partial charge in [-0.25, -0.2) is 0 Å². The molecule has 0 fully saturated rings. The van der Waals surface area contributed by atoms with Gasteiger partial charge in [-0.2, -0.15) is 0 Å². The van der Waals surface area contributed by atoms with Crippen molar-refractivity contribution >= 4 is 0 Å². The van der Waals surface area contributed by atoms with E-state index in [1.807, 2.05) is 0 Å². The number of hydrogen-bond acceptors (Lipinski definition) is 2. The summed E-state index contributed by atoms with van der Waals surface area (Å²) in [7, 11) is 3.81. The minimum atomic E-state index is 0.433. The van der Waals surface area contributed by atoms with Gasteiger partial charge in [0.1, 0.15) is 0 Å². The minimum absolute atomic E-state index is 0.433. The molecule has 68 valence electrons. The van der Waals surface area contributed by atoms with Crippen molar-refractivity contribution in [3.8, 4) is 0 Å². The van der Waals surface area contributed by atoms with E-state index in [9.17, 15) is 0 Å². The lowest BCUT2D eigenvalue weighted by Gasteiger charge is -2.22. The Kier molecular flexibility index (Phi) is 4.69. The highest BCUT2D eigenvalue weighted by Crippen LogP contribution is 2.18. The molecule has 0 unspecified atom stereocenters. The second-order valence-corrected chi connectivity index (χ2v) is 4.31. The van der Waals surface area contributed by atoms with Gasteiger partial charge in [0.15, 0.2) is 0 Å². The number of hydrogen-bond donors (Lipinski definition) is 0. The van der Waals surface area contributed by atoms with E-state index in [4.69, 9.17) is 4.74 Å². The highest BCUT2D eigenvalue weighted by Gasteiger charge is 2.10. The molecule has 0 aromatic heterocycles. The monoisotopic (exact) mass is 159 g/mol. The standard InChI is InChI=1S/C9H21NO/c1-9(2,3)6-7-10(4)8-11-5/h6-8H2,1-5H3. The van der Waals surface area contributed by atoms with Crippen LogP contribution in [0.5, 0.6) is 0 Å². The lowest BCUT2D eigenvalue weighted by Crippen LogP contribution is -2.25. The summed E-state index contributed by atoms with van der Waals surface area (Å²) in [5, 5.41) is 0. The SMILES string of the molecule is COCN(C)CCC(C)(C)C. The summed E-state index contributed by atoms with van der Waals surface area (Å²) in [6.45, 7) is 8.61. The van der Waals surface area contributed by atoms with Gasteiger partial charge in [-0.3, -0.25) is 4.90 Å². The van der Waals surface area contributed by atoms with Crippen LogP contribution in [0.4, 0.5) is 0 Å². The van der Waals surface area contributed by atoms with Crippen LogP contribution < -0.4 is 0 Å². The van der Waals surface area contributed by atoms with Crippen molar-refractivity contribution in [3.05, 3.63) is 0 Å². The zero-order valence-corrected chi connectivity index (χ0v) is 8.48. The van der Waals surface area contributed by atoms with Gasteiger partial charge in [0.25, 0.3) is 0 Å². The number of methoxy groups -OCH3 is 1. The van der Waals surface area contributed by atoms with Crippen LogP contribution in [0.25, 0.3) is 0 Å². The fraction of sp³-hybridized carbons (Fsp3) is 1.00. The Morgan fingerprint density at radius 2 is 1.82 bits per heavy atom. The Balaban J connectivity index is 3.38. The molecule has 0 spiro atoms. The van der Waals surface area contributed by atoms with Gasteiger partial charge in [0.2, 0.25) is 0 Å². The van der Waals surface area contributed by atoms with Crippen LogP contribution in [0, 0.1) is 5.41 Å². The normalized spacial score (nSPS) is 12.5. The van der Waals surface area contributed by atoms with Gasteiger partial charge in [-0.1, -0.05) is 20.8 Å². The molecule has 0 radical (unpaired) electrons. The summed E-state index contributed by atoms with van der Waals surface area (Å²) in [6.07, 6.45) is 1.22. The van der Waals surface area contributed by atoms with E-state index in [-0.39, 0.29) is 0 Å². The summed E-state index contributed by atoms with van der Waals surface area (Å²) < 4.78 is 4.99. The zero-order chi connectivity index (χ0) is 8.91.